The summed E-state index contributed by atoms with van der Waals surface area (Å²) in [5.41, 5.74) is 0.757. The number of amides is 1. The molecule has 0 aliphatic heterocycles. The van der Waals surface area contributed by atoms with Gasteiger partial charge in [-0.3, -0.25) is 9.52 Å². The Balaban J connectivity index is 1.55. The Hall–Kier alpha value is -2.78. The van der Waals surface area contributed by atoms with Crippen molar-refractivity contribution in [3.63, 3.8) is 0 Å². The van der Waals surface area contributed by atoms with Crippen LogP contribution >= 0.6 is 11.3 Å². The number of hydrogen-bond acceptors (Lipinski definition) is 4. The van der Waals surface area contributed by atoms with E-state index >= 15 is 0 Å². The van der Waals surface area contributed by atoms with E-state index in [1.165, 1.54) is 17.0 Å². The van der Waals surface area contributed by atoms with E-state index in [1.54, 1.807) is 23.5 Å². The maximum absolute atomic E-state index is 13.3. The fourth-order valence-corrected chi connectivity index (χ4v) is 4.40. The van der Waals surface area contributed by atoms with Crippen LogP contribution in [0.1, 0.15) is 17.7 Å². The molecular formula is C20H18F2N2O3S2. The minimum Gasteiger partial charge on any atom is -0.326 e. The van der Waals surface area contributed by atoms with Crippen LogP contribution in [-0.2, 0) is 21.2 Å². The first kappa shape index (κ1) is 20.9. The third-order valence-corrected chi connectivity index (χ3v) is 6.34. The number of aryl methyl sites for hydroxylation is 1. The second kappa shape index (κ2) is 9.15. The Morgan fingerprint density at radius 1 is 0.966 bits per heavy atom. The van der Waals surface area contributed by atoms with Crippen LogP contribution in [0.2, 0.25) is 0 Å². The lowest BCUT2D eigenvalue weighted by Gasteiger charge is -2.10. The topological polar surface area (TPSA) is 75.3 Å². The Morgan fingerprint density at radius 2 is 1.69 bits per heavy atom. The Kier molecular flexibility index (Phi) is 6.60. The van der Waals surface area contributed by atoms with Crippen LogP contribution in [0.5, 0.6) is 0 Å². The molecule has 29 heavy (non-hydrogen) atoms. The van der Waals surface area contributed by atoms with Gasteiger partial charge in [0.1, 0.15) is 0 Å². The maximum Gasteiger partial charge on any atom is 0.261 e. The highest BCUT2D eigenvalue weighted by molar-refractivity contribution is 7.92. The smallest absolute Gasteiger partial charge is 0.261 e. The van der Waals surface area contributed by atoms with Crippen LogP contribution in [-0.4, -0.2) is 14.3 Å². The quantitative estimate of drug-likeness (QED) is 0.533. The molecule has 2 aromatic carbocycles. The van der Waals surface area contributed by atoms with Gasteiger partial charge in [-0.15, -0.1) is 11.3 Å². The van der Waals surface area contributed by atoms with Crippen molar-refractivity contribution in [3.8, 4) is 0 Å². The van der Waals surface area contributed by atoms with Gasteiger partial charge < -0.3 is 5.32 Å². The minimum atomic E-state index is -4.07. The molecule has 0 aliphatic rings. The Bertz CT molecular complexity index is 1080. The zero-order chi connectivity index (χ0) is 20.9. The molecule has 2 N–H and O–H groups in total. The summed E-state index contributed by atoms with van der Waals surface area (Å²) in [5, 5.41) is 4.75. The molecule has 0 aliphatic carbocycles. The summed E-state index contributed by atoms with van der Waals surface area (Å²) in [6, 6.07) is 12.4. The SMILES string of the molecule is O=C(CCCc1cccs1)Nc1ccc(NS(=O)(=O)c2ccc(F)c(F)c2)cc1. The summed E-state index contributed by atoms with van der Waals surface area (Å²) in [6.45, 7) is 0. The zero-order valence-corrected chi connectivity index (χ0v) is 16.8. The van der Waals surface area contributed by atoms with Crippen molar-refractivity contribution in [2.24, 2.45) is 0 Å². The van der Waals surface area contributed by atoms with E-state index in [9.17, 15) is 22.0 Å². The lowest BCUT2D eigenvalue weighted by atomic mass is 10.2. The highest BCUT2D eigenvalue weighted by atomic mass is 32.2. The van der Waals surface area contributed by atoms with Gasteiger partial charge in [-0.2, -0.15) is 0 Å². The van der Waals surface area contributed by atoms with Gasteiger partial charge >= 0.3 is 0 Å². The molecule has 0 radical (unpaired) electrons. The van der Waals surface area contributed by atoms with Gasteiger partial charge in [-0.1, -0.05) is 6.07 Å². The highest BCUT2D eigenvalue weighted by Crippen LogP contribution is 2.20. The molecule has 3 rings (SSSR count). The van der Waals surface area contributed by atoms with Crippen LogP contribution < -0.4 is 10.0 Å². The van der Waals surface area contributed by atoms with Crippen LogP contribution in [0, 0.1) is 11.6 Å². The van der Waals surface area contributed by atoms with Gasteiger partial charge in [0.15, 0.2) is 11.6 Å². The van der Waals surface area contributed by atoms with E-state index in [2.05, 4.69) is 10.0 Å². The zero-order valence-electron chi connectivity index (χ0n) is 15.2. The number of hydrogen-bond donors (Lipinski definition) is 2. The molecule has 0 bridgehead atoms. The molecule has 0 spiro atoms. The van der Waals surface area contributed by atoms with Gasteiger partial charge in [0.2, 0.25) is 5.91 Å². The third kappa shape index (κ3) is 5.85. The first-order valence-electron chi connectivity index (χ1n) is 8.74. The van der Waals surface area contributed by atoms with Crippen LogP contribution in [0.25, 0.3) is 0 Å². The molecule has 5 nitrogen and oxygen atoms in total. The summed E-state index contributed by atoms with van der Waals surface area (Å²) in [4.78, 5) is 12.9. The standard InChI is InChI=1S/C20H18F2N2O3S2/c21-18-11-10-17(13-19(18)22)29(26,27)24-15-8-6-14(7-9-15)23-20(25)5-1-3-16-4-2-12-28-16/h2,4,6-13,24H,1,3,5H2,(H,23,25). The summed E-state index contributed by atoms with van der Waals surface area (Å²) >= 11 is 1.66. The van der Waals surface area contributed by atoms with Crippen LogP contribution in [0.15, 0.2) is 64.9 Å². The number of sulfonamides is 1. The molecular weight excluding hydrogens is 418 g/mol. The van der Waals surface area contributed by atoms with Crippen molar-refractivity contribution in [2.45, 2.75) is 24.2 Å². The fraction of sp³-hybridized carbons (Fsp3) is 0.150. The summed E-state index contributed by atoms with van der Waals surface area (Å²) in [6.07, 6.45) is 1.96. The van der Waals surface area contributed by atoms with E-state index in [0.29, 0.717) is 18.2 Å². The number of benzene rings is 2. The molecule has 0 atom stereocenters. The number of halogens is 2. The number of thiophene rings is 1. The van der Waals surface area contributed by atoms with Gasteiger partial charge in [0, 0.05) is 22.7 Å². The molecule has 152 valence electrons. The predicted molar refractivity (Wildman–Crippen MR) is 109 cm³/mol. The van der Waals surface area contributed by atoms with Crippen LogP contribution in [0.3, 0.4) is 0 Å². The molecule has 0 saturated heterocycles. The number of carbonyl (C=O) groups excluding carboxylic acids is 1. The second-order valence-electron chi connectivity index (χ2n) is 6.24. The number of carbonyl (C=O) groups is 1. The van der Waals surface area contributed by atoms with Gasteiger partial charge in [0.25, 0.3) is 10.0 Å². The van der Waals surface area contributed by atoms with E-state index in [1.807, 2.05) is 17.5 Å². The minimum absolute atomic E-state index is 0.128. The fourth-order valence-electron chi connectivity index (χ4n) is 2.58. The number of rotatable bonds is 8. The number of anilines is 2. The summed E-state index contributed by atoms with van der Waals surface area (Å²) < 4.78 is 53.1. The van der Waals surface area contributed by atoms with Crippen molar-refractivity contribution in [3.05, 3.63) is 76.5 Å². The Labute approximate surface area is 171 Å². The van der Waals surface area contributed by atoms with Crippen molar-refractivity contribution >= 4 is 38.6 Å². The lowest BCUT2D eigenvalue weighted by molar-refractivity contribution is -0.116. The van der Waals surface area contributed by atoms with Crippen molar-refractivity contribution in [1.82, 2.24) is 0 Å². The highest BCUT2D eigenvalue weighted by Gasteiger charge is 2.16. The average molecular weight is 437 g/mol. The van der Waals surface area contributed by atoms with Crippen molar-refractivity contribution in [1.29, 1.82) is 0 Å². The molecule has 0 fully saturated rings. The lowest BCUT2D eigenvalue weighted by Crippen LogP contribution is -2.14. The summed E-state index contributed by atoms with van der Waals surface area (Å²) in [7, 11) is -4.07. The van der Waals surface area contributed by atoms with Gasteiger partial charge in [-0.25, -0.2) is 17.2 Å². The first-order chi connectivity index (χ1) is 13.8. The number of nitrogens with one attached hydrogen (secondary N) is 2. The molecule has 1 amide bonds. The third-order valence-electron chi connectivity index (χ3n) is 4.03. The summed E-state index contributed by atoms with van der Waals surface area (Å²) in [5.74, 6) is -2.50. The Morgan fingerprint density at radius 3 is 2.34 bits per heavy atom. The van der Waals surface area contributed by atoms with Crippen molar-refractivity contribution < 1.29 is 22.0 Å². The van der Waals surface area contributed by atoms with Crippen LogP contribution in [0.4, 0.5) is 20.2 Å². The van der Waals surface area contributed by atoms with Gasteiger partial charge in [-0.05, 0) is 66.8 Å². The largest absolute Gasteiger partial charge is 0.326 e. The monoisotopic (exact) mass is 436 g/mol. The molecule has 0 unspecified atom stereocenters. The average Bonchev–Trinajstić information content (AvgIpc) is 3.19. The second-order valence-corrected chi connectivity index (χ2v) is 8.95. The molecule has 3 aromatic rings. The molecule has 9 heteroatoms. The van der Waals surface area contributed by atoms with Gasteiger partial charge in [0.05, 0.1) is 4.90 Å². The molecule has 1 aromatic heterocycles. The van der Waals surface area contributed by atoms with E-state index in [-0.39, 0.29) is 16.5 Å². The molecule has 0 saturated carbocycles. The van der Waals surface area contributed by atoms with E-state index in [0.717, 1.165) is 25.0 Å². The van der Waals surface area contributed by atoms with E-state index < -0.39 is 21.7 Å². The normalized spacial score (nSPS) is 11.2. The maximum atomic E-state index is 13.3. The first-order valence-corrected chi connectivity index (χ1v) is 11.1. The van der Waals surface area contributed by atoms with Crippen molar-refractivity contribution in [2.75, 3.05) is 10.0 Å². The molecule has 1 heterocycles. The predicted octanol–water partition coefficient (Wildman–Crippen LogP) is 4.79. The van der Waals surface area contributed by atoms with E-state index in [4.69, 9.17) is 0 Å².